The van der Waals surface area contributed by atoms with Crippen LogP contribution in [0.15, 0.2) is 23.8 Å². The zero-order valence-electron chi connectivity index (χ0n) is 11.7. The highest BCUT2D eigenvalue weighted by Crippen LogP contribution is 2.51. The van der Waals surface area contributed by atoms with Gasteiger partial charge in [-0.15, -0.1) is 0 Å². The molecule has 1 saturated carbocycles. The van der Waals surface area contributed by atoms with Crippen molar-refractivity contribution in [2.24, 2.45) is 11.8 Å². The Morgan fingerprint density at radius 2 is 2.05 bits per heavy atom. The number of fused-ring (bicyclic) bond motifs is 2. The molecule has 0 radical (unpaired) electrons. The largest absolute Gasteiger partial charge is 0.458 e. The minimum atomic E-state index is -1.21. The second kappa shape index (κ2) is 3.93. The minimum Gasteiger partial charge on any atom is -0.458 e. The first-order valence-electron chi connectivity index (χ1n) is 6.88. The highest BCUT2D eigenvalue weighted by Gasteiger charge is 2.58. The summed E-state index contributed by atoms with van der Waals surface area (Å²) < 4.78 is 5.23. The molecule has 5 nitrogen and oxygen atoms in total. The molecule has 3 N–H and O–H groups in total. The predicted molar refractivity (Wildman–Crippen MR) is 70.6 cm³/mol. The molecule has 20 heavy (non-hydrogen) atoms. The van der Waals surface area contributed by atoms with Crippen LogP contribution in [0.3, 0.4) is 0 Å². The minimum absolute atomic E-state index is 0.206. The first-order chi connectivity index (χ1) is 9.15. The Bertz CT molecular complexity index is 516. The third kappa shape index (κ3) is 1.70. The van der Waals surface area contributed by atoms with Crippen LogP contribution in [0.25, 0.3) is 0 Å². The maximum atomic E-state index is 11.7. The summed E-state index contributed by atoms with van der Waals surface area (Å²) >= 11 is 0. The summed E-state index contributed by atoms with van der Waals surface area (Å²) in [7, 11) is 0. The molecule has 6 atom stereocenters. The molecule has 0 bridgehead atoms. The maximum absolute atomic E-state index is 11.7. The molecule has 3 rings (SSSR count). The van der Waals surface area contributed by atoms with E-state index < -0.39 is 41.2 Å². The van der Waals surface area contributed by atoms with E-state index in [1.807, 2.05) is 0 Å². The number of hydrogen-bond acceptors (Lipinski definition) is 5. The summed E-state index contributed by atoms with van der Waals surface area (Å²) in [6.45, 7) is 6.98. The molecular formula is C15H20O5. The van der Waals surface area contributed by atoms with Crippen molar-refractivity contribution in [1.29, 1.82) is 0 Å². The second-order valence-electron chi connectivity index (χ2n) is 6.66. The van der Waals surface area contributed by atoms with E-state index >= 15 is 0 Å². The van der Waals surface area contributed by atoms with Crippen molar-refractivity contribution >= 4 is 5.97 Å². The molecule has 1 saturated heterocycles. The van der Waals surface area contributed by atoms with E-state index in [9.17, 15) is 20.1 Å². The first-order valence-corrected chi connectivity index (χ1v) is 6.88. The molecule has 1 aliphatic heterocycles. The van der Waals surface area contributed by atoms with E-state index in [4.69, 9.17) is 4.74 Å². The van der Waals surface area contributed by atoms with Gasteiger partial charge in [0.1, 0.15) is 6.10 Å². The third-order valence-corrected chi connectivity index (χ3v) is 4.99. The summed E-state index contributed by atoms with van der Waals surface area (Å²) in [5.74, 6) is -1.71. The molecular weight excluding hydrogens is 260 g/mol. The molecule has 0 aromatic carbocycles. The van der Waals surface area contributed by atoms with Crippen molar-refractivity contribution in [3.05, 3.63) is 23.8 Å². The van der Waals surface area contributed by atoms with Crippen LogP contribution in [0.2, 0.25) is 0 Å². The van der Waals surface area contributed by atoms with Crippen LogP contribution in [0.5, 0.6) is 0 Å². The Hall–Kier alpha value is -1.17. The van der Waals surface area contributed by atoms with Crippen molar-refractivity contribution < 1.29 is 24.9 Å². The SMILES string of the molecule is C=C1C(=O)OC2CC(C)(O)C3=CCC(C)(O)C3C(O)C12. The van der Waals surface area contributed by atoms with Gasteiger partial charge in [-0.1, -0.05) is 12.7 Å². The van der Waals surface area contributed by atoms with Gasteiger partial charge < -0.3 is 20.1 Å². The summed E-state index contributed by atoms with van der Waals surface area (Å²) in [6.07, 6.45) is 0.787. The van der Waals surface area contributed by atoms with E-state index in [-0.39, 0.29) is 12.0 Å². The van der Waals surface area contributed by atoms with Crippen LogP contribution >= 0.6 is 0 Å². The Morgan fingerprint density at radius 1 is 1.40 bits per heavy atom. The van der Waals surface area contributed by atoms with Crippen molar-refractivity contribution in [3.8, 4) is 0 Å². The van der Waals surface area contributed by atoms with Gasteiger partial charge in [-0.2, -0.15) is 0 Å². The van der Waals surface area contributed by atoms with E-state index in [0.717, 1.165) is 0 Å². The van der Waals surface area contributed by atoms with Gasteiger partial charge in [0.2, 0.25) is 0 Å². The van der Waals surface area contributed by atoms with E-state index in [2.05, 4.69) is 6.58 Å². The van der Waals surface area contributed by atoms with Crippen LogP contribution in [0.4, 0.5) is 0 Å². The molecule has 110 valence electrons. The maximum Gasteiger partial charge on any atom is 0.334 e. The van der Waals surface area contributed by atoms with Gasteiger partial charge in [0.05, 0.1) is 23.2 Å². The molecule has 0 aromatic heterocycles. The number of aliphatic hydroxyl groups is 3. The molecule has 2 fully saturated rings. The zero-order chi connectivity index (χ0) is 14.9. The highest BCUT2D eigenvalue weighted by atomic mass is 16.6. The molecule has 5 heteroatoms. The number of ether oxygens (including phenoxy) is 1. The van der Waals surface area contributed by atoms with Gasteiger partial charge in [-0.25, -0.2) is 4.79 Å². The first kappa shape index (κ1) is 13.8. The van der Waals surface area contributed by atoms with E-state index in [1.165, 1.54) is 0 Å². The number of esters is 1. The lowest BCUT2D eigenvalue weighted by Crippen LogP contribution is -2.45. The fourth-order valence-electron chi connectivity index (χ4n) is 3.97. The van der Waals surface area contributed by atoms with Crippen LogP contribution in [0, 0.1) is 11.8 Å². The quantitative estimate of drug-likeness (QED) is 0.337. The van der Waals surface area contributed by atoms with Crippen molar-refractivity contribution in [2.45, 2.75) is 50.1 Å². The van der Waals surface area contributed by atoms with Crippen molar-refractivity contribution in [2.75, 3.05) is 0 Å². The summed E-state index contributed by atoms with van der Waals surface area (Å²) in [6, 6.07) is 0. The van der Waals surface area contributed by atoms with Gasteiger partial charge in [-0.3, -0.25) is 0 Å². The third-order valence-electron chi connectivity index (χ3n) is 4.99. The van der Waals surface area contributed by atoms with Gasteiger partial charge >= 0.3 is 5.97 Å². The van der Waals surface area contributed by atoms with Crippen LogP contribution in [-0.4, -0.2) is 44.7 Å². The van der Waals surface area contributed by atoms with Crippen LogP contribution < -0.4 is 0 Å². The normalized spacial score (nSPS) is 51.1. The smallest absolute Gasteiger partial charge is 0.334 e. The molecule has 2 aliphatic carbocycles. The fraction of sp³-hybridized carbons (Fsp3) is 0.667. The molecule has 1 heterocycles. The summed E-state index contributed by atoms with van der Waals surface area (Å²) in [4.78, 5) is 11.7. The lowest BCUT2D eigenvalue weighted by atomic mass is 9.76. The average Bonchev–Trinajstić information content (AvgIpc) is 2.73. The standard InChI is InChI=1S/C15H20O5/c1-7-10-9(20-13(7)17)6-15(3,19)8-4-5-14(2,18)11(8)12(10)16/h4,9-12,16,18-19H,1,5-6H2,2-3H3. The lowest BCUT2D eigenvalue weighted by Gasteiger charge is -2.36. The Morgan fingerprint density at radius 3 is 2.70 bits per heavy atom. The number of rotatable bonds is 0. The Labute approximate surface area is 117 Å². The number of carbonyl (C=O) groups is 1. The monoisotopic (exact) mass is 280 g/mol. The highest BCUT2D eigenvalue weighted by molar-refractivity contribution is 5.91. The average molecular weight is 280 g/mol. The van der Waals surface area contributed by atoms with E-state index in [0.29, 0.717) is 12.0 Å². The number of hydrogen-bond donors (Lipinski definition) is 3. The lowest BCUT2D eigenvalue weighted by molar-refractivity contribution is -0.141. The second-order valence-corrected chi connectivity index (χ2v) is 6.66. The van der Waals surface area contributed by atoms with Gasteiger partial charge in [-0.05, 0) is 25.8 Å². The summed E-state index contributed by atoms with van der Waals surface area (Å²) in [5, 5.41) is 31.9. The van der Waals surface area contributed by atoms with Gasteiger partial charge in [0, 0.05) is 17.9 Å². The molecule has 0 amide bonds. The van der Waals surface area contributed by atoms with Crippen LogP contribution in [-0.2, 0) is 9.53 Å². The zero-order valence-corrected chi connectivity index (χ0v) is 11.7. The molecule has 6 unspecified atom stereocenters. The number of aliphatic hydroxyl groups excluding tert-OH is 1. The molecule has 0 spiro atoms. The fourth-order valence-corrected chi connectivity index (χ4v) is 3.97. The van der Waals surface area contributed by atoms with Gasteiger partial charge in [0.25, 0.3) is 0 Å². The summed E-state index contributed by atoms with van der Waals surface area (Å²) in [5.41, 5.74) is -1.49. The molecule has 0 aromatic rings. The molecule has 3 aliphatic rings. The number of carbonyl (C=O) groups excluding carboxylic acids is 1. The topological polar surface area (TPSA) is 87.0 Å². The van der Waals surface area contributed by atoms with Crippen molar-refractivity contribution in [3.63, 3.8) is 0 Å². The Kier molecular flexibility index (Phi) is 2.71. The van der Waals surface area contributed by atoms with Gasteiger partial charge in [0.15, 0.2) is 0 Å². The van der Waals surface area contributed by atoms with Crippen LogP contribution in [0.1, 0.15) is 26.7 Å². The van der Waals surface area contributed by atoms with Crippen molar-refractivity contribution in [1.82, 2.24) is 0 Å². The van der Waals surface area contributed by atoms with E-state index in [1.54, 1.807) is 19.9 Å². The Balaban J connectivity index is 2.09. The predicted octanol–water partition coefficient (Wildman–Crippen LogP) is 0.297.